The average Bonchev–Trinajstić information content (AvgIpc) is 3.13. The fraction of sp³-hybridized carbons (Fsp3) is 0.222. The molecule has 0 unspecified atom stereocenters. The third-order valence-electron chi connectivity index (χ3n) is 6.02. The molecule has 0 amide bonds. The molecule has 5 nitrogen and oxygen atoms in total. The zero-order chi connectivity index (χ0) is 22.9. The first-order chi connectivity index (χ1) is 16.0. The Morgan fingerprint density at radius 1 is 1.12 bits per heavy atom. The van der Waals surface area contributed by atoms with Gasteiger partial charge >= 0.3 is 0 Å². The van der Waals surface area contributed by atoms with Crippen LogP contribution in [0.2, 0.25) is 0 Å². The Labute approximate surface area is 192 Å². The standard InChI is InChI=1S/C27H24FNO4/c1-17-26-20(15-29(16-32-26)11-10-18-6-8-22(31-2)9-7-18)14-23-25(30)24(33-27(17)23)13-19-4-3-5-21(28)12-19/h3-9,12-14H,10-11,15-16H2,1-2H3/b24-13-. The molecule has 0 saturated heterocycles. The number of fused-ring (bicyclic) bond motifs is 2. The maximum Gasteiger partial charge on any atom is 0.231 e. The fourth-order valence-corrected chi connectivity index (χ4v) is 4.27. The van der Waals surface area contributed by atoms with Gasteiger partial charge in [-0.2, -0.15) is 0 Å². The second-order valence-corrected chi connectivity index (χ2v) is 8.29. The Kier molecular flexibility index (Phi) is 5.60. The lowest BCUT2D eigenvalue weighted by Crippen LogP contribution is -2.34. The summed E-state index contributed by atoms with van der Waals surface area (Å²) in [4.78, 5) is 15.2. The van der Waals surface area contributed by atoms with E-state index in [1.807, 2.05) is 25.1 Å². The summed E-state index contributed by atoms with van der Waals surface area (Å²) in [6, 6.07) is 16.0. The van der Waals surface area contributed by atoms with Crippen LogP contribution < -0.4 is 14.2 Å². The molecule has 0 aromatic heterocycles. The smallest absolute Gasteiger partial charge is 0.231 e. The van der Waals surface area contributed by atoms with Gasteiger partial charge < -0.3 is 14.2 Å². The summed E-state index contributed by atoms with van der Waals surface area (Å²) in [5.41, 5.74) is 4.11. The molecule has 0 spiro atoms. The molecule has 0 fully saturated rings. The first-order valence-electron chi connectivity index (χ1n) is 10.9. The zero-order valence-corrected chi connectivity index (χ0v) is 18.6. The molecule has 0 N–H and O–H groups in total. The van der Waals surface area contributed by atoms with Crippen molar-refractivity contribution < 1.29 is 23.4 Å². The van der Waals surface area contributed by atoms with Crippen LogP contribution in [0.25, 0.3) is 6.08 Å². The zero-order valence-electron chi connectivity index (χ0n) is 18.6. The van der Waals surface area contributed by atoms with Gasteiger partial charge in [0.05, 0.1) is 12.7 Å². The number of hydrogen-bond acceptors (Lipinski definition) is 5. The van der Waals surface area contributed by atoms with Gasteiger partial charge in [-0.15, -0.1) is 0 Å². The summed E-state index contributed by atoms with van der Waals surface area (Å²) < 4.78 is 30.7. The molecule has 0 aliphatic carbocycles. The molecule has 6 heteroatoms. The Balaban J connectivity index is 1.33. The van der Waals surface area contributed by atoms with Crippen LogP contribution in [-0.4, -0.2) is 31.1 Å². The van der Waals surface area contributed by atoms with Gasteiger partial charge in [-0.25, -0.2) is 4.39 Å². The van der Waals surface area contributed by atoms with Crippen LogP contribution in [0.15, 0.2) is 60.4 Å². The molecule has 0 saturated carbocycles. The van der Waals surface area contributed by atoms with Crippen molar-refractivity contribution in [2.75, 3.05) is 20.4 Å². The van der Waals surface area contributed by atoms with E-state index in [-0.39, 0.29) is 17.4 Å². The molecule has 2 aliphatic rings. The molecule has 3 aromatic carbocycles. The number of Topliss-reactive ketones (excluding diaryl/α,β-unsaturated/α-hetero) is 1. The van der Waals surface area contributed by atoms with Crippen molar-refractivity contribution in [3.05, 3.63) is 94.0 Å². The van der Waals surface area contributed by atoms with Crippen molar-refractivity contribution in [1.29, 1.82) is 0 Å². The van der Waals surface area contributed by atoms with E-state index in [2.05, 4.69) is 17.0 Å². The number of methoxy groups -OCH3 is 1. The lowest BCUT2D eigenvalue weighted by atomic mass is 10.00. The summed E-state index contributed by atoms with van der Waals surface area (Å²) in [5.74, 6) is 1.77. The molecular weight excluding hydrogens is 421 g/mol. The number of ether oxygens (including phenoxy) is 3. The Morgan fingerprint density at radius 2 is 1.94 bits per heavy atom. The number of rotatable bonds is 5. The van der Waals surface area contributed by atoms with Crippen LogP contribution in [-0.2, 0) is 13.0 Å². The number of benzene rings is 3. The van der Waals surface area contributed by atoms with Gasteiger partial charge in [0.15, 0.2) is 5.76 Å². The van der Waals surface area contributed by atoms with E-state index in [0.717, 1.165) is 35.6 Å². The van der Waals surface area contributed by atoms with E-state index in [1.165, 1.54) is 17.7 Å². The highest BCUT2D eigenvalue weighted by atomic mass is 19.1. The van der Waals surface area contributed by atoms with E-state index < -0.39 is 0 Å². The van der Waals surface area contributed by atoms with Crippen molar-refractivity contribution >= 4 is 11.9 Å². The third kappa shape index (κ3) is 4.22. The van der Waals surface area contributed by atoms with Crippen molar-refractivity contribution in [2.45, 2.75) is 19.9 Å². The molecule has 2 heterocycles. The van der Waals surface area contributed by atoms with Gasteiger partial charge in [0, 0.05) is 24.2 Å². The van der Waals surface area contributed by atoms with Gasteiger partial charge in [0.2, 0.25) is 5.78 Å². The lowest BCUT2D eigenvalue weighted by molar-refractivity contribution is 0.0954. The van der Waals surface area contributed by atoms with Gasteiger partial charge in [-0.1, -0.05) is 24.3 Å². The minimum absolute atomic E-state index is 0.192. The number of allylic oxidation sites excluding steroid dienone is 1. The SMILES string of the molecule is COc1ccc(CCN2COc3c(cc4c(c3C)O/C(=C\c3cccc(F)c3)C4=O)C2)cc1. The normalized spacial score (nSPS) is 16.2. The molecule has 2 aliphatic heterocycles. The maximum absolute atomic E-state index is 13.5. The molecule has 168 valence electrons. The summed E-state index contributed by atoms with van der Waals surface area (Å²) in [7, 11) is 1.66. The summed E-state index contributed by atoms with van der Waals surface area (Å²) in [5, 5.41) is 0. The third-order valence-corrected chi connectivity index (χ3v) is 6.02. The van der Waals surface area contributed by atoms with Gasteiger partial charge in [0.1, 0.15) is 29.8 Å². The van der Waals surface area contributed by atoms with Gasteiger partial charge in [0.25, 0.3) is 0 Å². The molecule has 33 heavy (non-hydrogen) atoms. The number of ketones is 1. The molecule has 0 atom stereocenters. The molecule has 0 bridgehead atoms. The Bertz CT molecular complexity index is 1250. The number of halogens is 1. The number of nitrogens with zero attached hydrogens (tertiary/aromatic N) is 1. The minimum atomic E-state index is -0.359. The van der Waals surface area contributed by atoms with Crippen LogP contribution in [0.4, 0.5) is 4.39 Å². The topological polar surface area (TPSA) is 48.0 Å². The van der Waals surface area contributed by atoms with E-state index in [1.54, 1.807) is 25.3 Å². The van der Waals surface area contributed by atoms with E-state index in [0.29, 0.717) is 30.2 Å². The van der Waals surface area contributed by atoms with E-state index >= 15 is 0 Å². The monoisotopic (exact) mass is 445 g/mol. The quantitative estimate of drug-likeness (QED) is 0.508. The Morgan fingerprint density at radius 3 is 2.70 bits per heavy atom. The average molecular weight is 445 g/mol. The predicted octanol–water partition coefficient (Wildman–Crippen LogP) is 5.15. The summed E-state index contributed by atoms with van der Waals surface area (Å²) >= 11 is 0. The lowest BCUT2D eigenvalue weighted by Gasteiger charge is -2.30. The number of hydrogen-bond donors (Lipinski definition) is 0. The fourth-order valence-electron chi connectivity index (χ4n) is 4.27. The predicted molar refractivity (Wildman–Crippen MR) is 123 cm³/mol. The van der Waals surface area contributed by atoms with Gasteiger partial charge in [-0.3, -0.25) is 9.69 Å². The van der Waals surface area contributed by atoms with Crippen molar-refractivity contribution in [3.63, 3.8) is 0 Å². The van der Waals surface area contributed by atoms with Crippen molar-refractivity contribution in [3.8, 4) is 17.2 Å². The van der Waals surface area contributed by atoms with Crippen LogP contribution in [0.3, 0.4) is 0 Å². The van der Waals surface area contributed by atoms with Crippen LogP contribution >= 0.6 is 0 Å². The molecule has 0 radical (unpaired) electrons. The molecule has 3 aromatic rings. The Hall–Kier alpha value is -3.64. The summed E-state index contributed by atoms with van der Waals surface area (Å²) in [6.45, 7) is 3.90. The highest BCUT2D eigenvalue weighted by Gasteiger charge is 2.33. The van der Waals surface area contributed by atoms with E-state index in [4.69, 9.17) is 14.2 Å². The van der Waals surface area contributed by atoms with Crippen molar-refractivity contribution in [1.82, 2.24) is 4.90 Å². The molecule has 5 rings (SSSR count). The first-order valence-corrected chi connectivity index (χ1v) is 10.9. The van der Waals surface area contributed by atoms with Crippen LogP contribution in [0.5, 0.6) is 17.2 Å². The highest BCUT2D eigenvalue weighted by Crippen LogP contribution is 2.43. The maximum atomic E-state index is 13.5. The molecular formula is C27H24FNO4. The van der Waals surface area contributed by atoms with Crippen LogP contribution in [0.1, 0.15) is 32.6 Å². The first kappa shape index (κ1) is 21.2. The largest absolute Gasteiger partial charge is 0.497 e. The second kappa shape index (κ2) is 8.71. The highest BCUT2D eigenvalue weighted by molar-refractivity contribution is 6.15. The van der Waals surface area contributed by atoms with Crippen molar-refractivity contribution in [2.24, 2.45) is 0 Å². The number of carbonyl (C=O) groups is 1. The minimum Gasteiger partial charge on any atom is -0.497 e. The summed E-state index contributed by atoms with van der Waals surface area (Å²) in [6.07, 6.45) is 2.46. The second-order valence-electron chi connectivity index (χ2n) is 8.29. The van der Waals surface area contributed by atoms with Crippen LogP contribution in [0, 0.1) is 12.7 Å². The number of carbonyl (C=O) groups excluding carboxylic acids is 1. The van der Waals surface area contributed by atoms with E-state index in [9.17, 15) is 9.18 Å². The van der Waals surface area contributed by atoms with Gasteiger partial charge in [-0.05, 0) is 60.9 Å².